The molecular formula is C24H26N2O3. The molecule has 150 valence electrons. The molecule has 0 aliphatic heterocycles. The minimum atomic E-state index is -0.157. The van der Waals surface area contributed by atoms with Crippen LogP contribution in [0.4, 0.5) is 11.4 Å². The molecule has 0 bridgehead atoms. The number of hydrogen-bond acceptors (Lipinski definition) is 4. The zero-order chi connectivity index (χ0) is 20.5. The lowest BCUT2D eigenvalue weighted by molar-refractivity contribution is -0.114. The molecule has 0 aliphatic carbocycles. The topological polar surface area (TPSA) is 59.6 Å². The van der Waals surface area contributed by atoms with E-state index in [1.165, 1.54) is 0 Å². The van der Waals surface area contributed by atoms with E-state index in [9.17, 15) is 4.79 Å². The minimum absolute atomic E-state index is 0.0981. The van der Waals surface area contributed by atoms with Crippen molar-refractivity contribution in [3.8, 4) is 11.5 Å². The molecule has 0 fully saturated rings. The quantitative estimate of drug-likeness (QED) is 0.533. The molecule has 0 spiro atoms. The largest absolute Gasteiger partial charge is 0.491 e. The molecule has 0 unspecified atom stereocenters. The number of anilines is 2. The number of carbonyl (C=O) groups is 1. The number of hydrogen-bond donors (Lipinski definition) is 2. The first-order chi connectivity index (χ1) is 14.1. The van der Waals surface area contributed by atoms with Gasteiger partial charge in [-0.2, -0.15) is 0 Å². The zero-order valence-electron chi connectivity index (χ0n) is 16.7. The first kappa shape index (κ1) is 20.3. The molecule has 3 aromatic carbocycles. The Hall–Kier alpha value is -3.47. The summed E-state index contributed by atoms with van der Waals surface area (Å²) in [7, 11) is 0. The van der Waals surface area contributed by atoms with Crippen molar-refractivity contribution in [3.05, 3.63) is 84.4 Å². The second-order valence-corrected chi connectivity index (χ2v) is 6.87. The maximum absolute atomic E-state index is 12.4. The Kier molecular flexibility index (Phi) is 7.11. The first-order valence-electron chi connectivity index (χ1n) is 9.66. The lowest BCUT2D eigenvalue weighted by atomic mass is 10.2. The van der Waals surface area contributed by atoms with Gasteiger partial charge in [0, 0.05) is 11.8 Å². The van der Waals surface area contributed by atoms with Crippen LogP contribution in [0.1, 0.15) is 19.4 Å². The number of ether oxygens (including phenoxy) is 2. The highest BCUT2D eigenvalue weighted by atomic mass is 16.5. The van der Waals surface area contributed by atoms with Gasteiger partial charge in [0.1, 0.15) is 18.1 Å². The van der Waals surface area contributed by atoms with Gasteiger partial charge in [0.15, 0.2) is 0 Å². The molecule has 0 saturated carbocycles. The standard InChI is InChI=1S/C24H26N2O3/c1-18(2)29-21-12-8-11-20(15-21)25-16-24(27)26-22-13-6-7-14-23(22)28-17-19-9-4-3-5-10-19/h3-15,18,25H,16-17H2,1-2H3,(H,26,27). The van der Waals surface area contributed by atoms with Crippen molar-refractivity contribution in [2.24, 2.45) is 0 Å². The maximum atomic E-state index is 12.4. The summed E-state index contributed by atoms with van der Waals surface area (Å²) < 4.78 is 11.6. The van der Waals surface area contributed by atoms with Gasteiger partial charge in [-0.25, -0.2) is 0 Å². The smallest absolute Gasteiger partial charge is 0.243 e. The number of rotatable bonds is 9. The third kappa shape index (κ3) is 6.57. The highest BCUT2D eigenvalue weighted by Crippen LogP contribution is 2.25. The molecular weight excluding hydrogens is 364 g/mol. The fraction of sp³-hybridized carbons (Fsp3) is 0.208. The van der Waals surface area contributed by atoms with Crippen LogP contribution in [0.25, 0.3) is 0 Å². The number of carbonyl (C=O) groups excluding carboxylic acids is 1. The molecule has 0 atom stereocenters. The SMILES string of the molecule is CC(C)Oc1cccc(NCC(=O)Nc2ccccc2OCc2ccccc2)c1. The predicted molar refractivity (Wildman–Crippen MR) is 117 cm³/mol. The normalized spacial score (nSPS) is 10.4. The van der Waals surface area contributed by atoms with Crippen molar-refractivity contribution < 1.29 is 14.3 Å². The molecule has 5 heteroatoms. The maximum Gasteiger partial charge on any atom is 0.243 e. The second kappa shape index (κ2) is 10.2. The number of amides is 1. The summed E-state index contributed by atoms with van der Waals surface area (Å²) in [5.74, 6) is 1.25. The third-order valence-electron chi connectivity index (χ3n) is 4.06. The van der Waals surface area contributed by atoms with Gasteiger partial charge in [-0.3, -0.25) is 4.79 Å². The van der Waals surface area contributed by atoms with Gasteiger partial charge in [-0.1, -0.05) is 48.5 Å². The Bertz CT molecular complexity index is 926. The molecule has 0 radical (unpaired) electrons. The van der Waals surface area contributed by atoms with Crippen LogP contribution in [0.5, 0.6) is 11.5 Å². The average Bonchev–Trinajstić information content (AvgIpc) is 2.72. The van der Waals surface area contributed by atoms with Crippen molar-refractivity contribution in [3.63, 3.8) is 0 Å². The van der Waals surface area contributed by atoms with Crippen molar-refractivity contribution in [2.75, 3.05) is 17.2 Å². The van der Waals surface area contributed by atoms with E-state index >= 15 is 0 Å². The van der Waals surface area contributed by atoms with Crippen LogP contribution in [-0.4, -0.2) is 18.6 Å². The first-order valence-corrected chi connectivity index (χ1v) is 9.66. The summed E-state index contributed by atoms with van der Waals surface area (Å²) in [6, 6.07) is 24.9. The Balaban J connectivity index is 1.55. The van der Waals surface area contributed by atoms with E-state index in [1.54, 1.807) is 0 Å². The summed E-state index contributed by atoms with van der Waals surface area (Å²) in [4.78, 5) is 12.4. The molecule has 3 aromatic rings. The highest BCUT2D eigenvalue weighted by molar-refractivity contribution is 5.95. The van der Waals surface area contributed by atoms with Crippen LogP contribution in [0.15, 0.2) is 78.9 Å². The van der Waals surface area contributed by atoms with Crippen LogP contribution in [-0.2, 0) is 11.4 Å². The number of para-hydroxylation sites is 2. The van der Waals surface area contributed by atoms with Crippen LogP contribution < -0.4 is 20.1 Å². The molecule has 0 aromatic heterocycles. The van der Waals surface area contributed by atoms with Crippen molar-refractivity contribution in [1.82, 2.24) is 0 Å². The minimum Gasteiger partial charge on any atom is -0.491 e. The lowest BCUT2D eigenvalue weighted by Gasteiger charge is -2.14. The Morgan fingerprint density at radius 3 is 2.48 bits per heavy atom. The average molecular weight is 390 g/mol. The van der Waals surface area contributed by atoms with Gasteiger partial charge in [-0.15, -0.1) is 0 Å². The zero-order valence-corrected chi connectivity index (χ0v) is 16.7. The molecule has 0 saturated heterocycles. The molecule has 3 rings (SSSR count). The van der Waals surface area contributed by atoms with E-state index in [2.05, 4.69) is 10.6 Å². The molecule has 2 N–H and O–H groups in total. The van der Waals surface area contributed by atoms with Crippen molar-refractivity contribution in [2.45, 2.75) is 26.6 Å². The van der Waals surface area contributed by atoms with Gasteiger partial charge in [-0.05, 0) is 43.7 Å². The van der Waals surface area contributed by atoms with Crippen molar-refractivity contribution >= 4 is 17.3 Å². The Labute approximate surface area is 171 Å². The summed E-state index contributed by atoms with van der Waals surface area (Å²) in [6.07, 6.45) is 0.0981. The number of nitrogens with one attached hydrogen (secondary N) is 2. The van der Waals surface area contributed by atoms with E-state index in [1.807, 2.05) is 92.7 Å². The van der Waals surface area contributed by atoms with E-state index in [0.717, 1.165) is 17.0 Å². The van der Waals surface area contributed by atoms with E-state index < -0.39 is 0 Å². The van der Waals surface area contributed by atoms with E-state index in [4.69, 9.17) is 9.47 Å². The van der Waals surface area contributed by atoms with Gasteiger partial charge in [0.25, 0.3) is 0 Å². The summed E-state index contributed by atoms with van der Waals surface area (Å²) in [6.45, 7) is 4.53. The Morgan fingerprint density at radius 2 is 1.69 bits per heavy atom. The second-order valence-electron chi connectivity index (χ2n) is 6.87. The predicted octanol–water partition coefficient (Wildman–Crippen LogP) is 5.10. The van der Waals surface area contributed by atoms with E-state index in [0.29, 0.717) is 18.0 Å². The molecule has 1 amide bonds. The summed E-state index contributed by atoms with van der Waals surface area (Å²) in [5, 5.41) is 6.03. The summed E-state index contributed by atoms with van der Waals surface area (Å²) in [5.41, 5.74) is 2.54. The molecule has 0 aliphatic rings. The number of benzene rings is 3. The Morgan fingerprint density at radius 1 is 0.931 bits per heavy atom. The molecule has 0 heterocycles. The van der Waals surface area contributed by atoms with Crippen LogP contribution in [0.3, 0.4) is 0 Å². The van der Waals surface area contributed by atoms with Crippen LogP contribution in [0.2, 0.25) is 0 Å². The van der Waals surface area contributed by atoms with Gasteiger partial charge >= 0.3 is 0 Å². The fourth-order valence-corrected chi connectivity index (χ4v) is 2.76. The van der Waals surface area contributed by atoms with Gasteiger partial charge in [0.2, 0.25) is 5.91 Å². The fourth-order valence-electron chi connectivity index (χ4n) is 2.76. The van der Waals surface area contributed by atoms with Crippen LogP contribution in [0, 0.1) is 0 Å². The van der Waals surface area contributed by atoms with Crippen molar-refractivity contribution in [1.29, 1.82) is 0 Å². The van der Waals surface area contributed by atoms with Crippen LogP contribution >= 0.6 is 0 Å². The van der Waals surface area contributed by atoms with Gasteiger partial charge < -0.3 is 20.1 Å². The molecule has 5 nitrogen and oxygen atoms in total. The van der Waals surface area contributed by atoms with Gasteiger partial charge in [0.05, 0.1) is 18.3 Å². The third-order valence-corrected chi connectivity index (χ3v) is 4.06. The van der Waals surface area contributed by atoms with E-state index in [-0.39, 0.29) is 18.6 Å². The highest BCUT2D eigenvalue weighted by Gasteiger charge is 2.08. The molecule has 29 heavy (non-hydrogen) atoms. The monoisotopic (exact) mass is 390 g/mol. The lowest BCUT2D eigenvalue weighted by Crippen LogP contribution is -2.22. The summed E-state index contributed by atoms with van der Waals surface area (Å²) >= 11 is 0.